The third kappa shape index (κ3) is 2.55. The molecule has 0 aromatic carbocycles. The Balaban J connectivity index is 1.55. The minimum atomic E-state index is -0.0426. The first-order valence-electron chi connectivity index (χ1n) is 8.03. The third-order valence-electron chi connectivity index (χ3n) is 4.85. The molecule has 2 fully saturated rings. The molecule has 1 aliphatic heterocycles. The number of hydrogen-bond donors (Lipinski definition) is 1. The van der Waals surface area contributed by atoms with Crippen molar-refractivity contribution in [1.82, 2.24) is 24.9 Å². The Bertz CT molecular complexity index is 718. The van der Waals surface area contributed by atoms with Gasteiger partial charge in [0.25, 0.3) is 5.91 Å². The molecule has 1 amide bonds. The number of rotatable bonds is 4. The van der Waals surface area contributed by atoms with Crippen molar-refractivity contribution in [2.75, 3.05) is 20.2 Å². The summed E-state index contributed by atoms with van der Waals surface area (Å²) in [5.41, 5.74) is 2.78. The van der Waals surface area contributed by atoms with E-state index >= 15 is 0 Å². The van der Waals surface area contributed by atoms with E-state index in [1.54, 1.807) is 11.8 Å². The van der Waals surface area contributed by atoms with Crippen molar-refractivity contribution in [1.29, 1.82) is 0 Å². The highest BCUT2D eigenvalue weighted by Crippen LogP contribution is 2.41. The summed E-state index contributed by atoms with van der Waals surface area (Å²) >= 11 is 0. The van der Waals surface area contributed by atoms with Gasteiger partial charge in [0.05, 0.1) is 23.3 Å². The second kappa shape index (κ2) is 5.49. The van der Waals surface area contributed by atoms with Crippen LogP contribution in [0.2, 0.25) is 0 Å². The molecule has 7 nitrogen and oxygen atoms in total. The van der Waals surface area contributed by atoms with E-state index in [9.17, 15) is 4.79 Å². The average molecular weight is 315 g/mol. The van der Waals surface area contributed by atoms with Crippen molar-refractivity contribution in [3.8, 4) is 0 Å². The first kappa shape index (κ1) is 14.4. The minimum Gasteiger partial charge on any atom is -0.379 e. The summed E-state index contributed by atoms with van der Waals surface area (Å²) in [4.78, 5) is 18.0. The van der Waals surface area contributed by atoms with Gasteiger partial charge in [-0.1, -0.05) is 5.21 Å². The van der Waals surface area contributed by atoms with Crippen molar-refractivity contribution in [2.45, 2.75) is 30.8 Å². The molecule has 3 heterocycles. The minimum absolute atomic E-state index is 0.0426. The zero-order valence-electron chi connectivity index (χ0n) is 13.4. The number of amides is 1. The van der Waals surface area contributed by atoms with Gasteiger partial charge in [-0.25, -0.2) is 0 Å². The molecule has 0 radical (unpaired) electrons. The largest absolute Gasteiger partial charge is 0.379 e. The molecule has 7 heteroatoms. The Morgan fingerprint density at radius 3 is 2.87 bits per heavy atom. The molecular formula is C16H21N5O2. The fraction of sp³-hybridized carbons (Fsp3) is 0.562. The summed E-state index contributed by atoms with van der Waals surface area (Å²) < 4.78 is 7.28. The van der Waals surface area contributed by atoms with Crippen LogP contribution in [0.3, 0.4) is 0 Å². The third-order valence-corrected chi connectivity index (χ3v) is 4.85. The molecule has 0 spiro atoms. The van der Waals surface area contributed by atoms with Crippen molar-refractivity contribution >= 4 is 5.91 Å². The number of ether oxygens (including phenoxy) is 1. The maximum absolute atomic E-state index is 12.9. The highest BCUT2D eigenvalue weighted by atomic mass is 16.5. The zero-order valence-corrected chi connectivity index (χ0v) is 13.4. The van der Waals surface area contributed by atoms with E-state index in [0.29, 0.717) is 19.0 Å². The molecule has 1 saturated heterocycles. The number of carbonyl (C=O) groups excluding carboxylic acids is 1. The Hall–Kier alpha value is -2.15. The smallest absolute Gasteiger partial charge is 0.255 e. The lowest BCUT2D eigenvalue weighted by Gasteiger charge is -2.16. The summed E-state index contributed by atoms with van der Waals surface area (Å²) in [6, 6.07) is 1.90. The Morgan fingerprint density at radius 2 is 2.22 bits per heavy atom. The molecule has 4 rings (SSSR count). The van der Waals surface area contributed by atoms with Gasteiger partial charge in [-0.05, 0) is 24.8 Å². The Labute approximate surface area is 134 Å². The van der Waals surface area contributed by atoms with Crippen LogP contribution in [0, 0.1) is 0 Å². The van der Waals surface area contributed by atoms with Gasteiger partial charge in [0, 0.05) is 45.3 Å². The van der Waals surface area contributed by atoms with Gasteiger partial charge in [-0.2, -0.15) is 0 Å². The topological polar surface area (TPSA) is 76.0 Å². The van der Waals surface area contributed by atoms with E-state index in [1.807, 2.05) is 30.4 Å². The number of hydrogen-bond acceptors (Lipinski definition) is 4. The SMILES string of the molecule is CO[C@@H]1CN(C(=O)c2cc[nH]c2C2CC2)C[C@H]1c1cn(C)nn1. The van der Waals surface area contributed by atoms with Gasteiger partial charge < -0.3 is 14.6 Å². The van der Waals surface area contributed by atoms with E-state index in [0.717, 1.165) is 17.0 Å². The normalized spacial score (nSPS) is 24.3. The summed E-state index contributed by atoms with van der Waals surface area (Å²) in [6.45, 7) is 1.21. The lowest BCUT2D eigenvalue weighted by molar-refractivity contribution is 0.0713. The van der Waals surface area contributed by atoms with Crippen molar-refractivity contribution in [2.24, 2.45) is 7.05 Å². The van der Waals surface area contributed by atoms with Gasteiger partial charge in [-0.15, -0.1) is 5.10 Å². The van der Waals surface area contributed by atoms with Crippen LogP contribution in [0.5, 0.6) is 0 Å². The van der Waals surface area contributed by atoms with Crippen LogP contribution in [0.25, 0.3) is 0 Å². The number of H-pyrrole nitrogens is 1. The lowest BCUT2D eigenvalue weighted by atomic mass is 10.0. The van der Waals surface area contributed by atoms with Crippen LogP contribution in [-0.4, -0.2) is 57.1 Å². The molecule has 2 aromatic heterocycles. The van der Waals surface area contributed by atoms with Crippen molar-refractivity contribution in [3.63, 3.8) is 0 Å². The zero-order chi connectivity index (χ0) is 16.0. The van der Waals surface area contributed by atoms with Gasteiger partial charge in [-0.3, -0.25) is 9.48 Å². The van der Waals surface area contributed by atoms with Gasteiger partial charge in [0.2, 0.25) is 0 Å². The molecule has 122 valence electrons. The molecule has 1 saturated carbocycles. The number of aromatic nitrogens is 4. The number of aryl methyl sites for hydroxylation is 1. The molecule has 1 aliphatic carbocycles. The predicted molar refractivity (Wildman–Crippen MR) is 83.2 cm³/mol. The van der Waals surface area contributed by atoms with Crippen LogP contribution in [-0.2, 0) is 11.8 Å². The van der Waals surface area contributed by atoms with Crippen molar-refractivity contribution in [3.05, 3.63) is 35.4 Å². The number of carbonyl (C=O) groups is 1. The molecule has 0 bridgehead atoms. The number of aromatic amines is 1. The Kier molecular flexibility index (Phi) is 3.45. The van der Waals surface area contributed by atoms with Gasteiger partial charge >= 0.3 is 0 Å². The van der Waals surface area contributed by atoms with E-state index in [1.165, 1.54) is 12.8 Å². The molecule has 1 N–H and O–H groups in total. The molecule has 0 unspecified atom stereocenters. The molecule has 2 aliphatic rings. The first-order valence-corrected chi connectivity index (χ1v) is 8.03. The van der Waals surface area contributed by atoms with E-state index in [4.69, 9.17) is 4.74 Å². The lowest BCUT2D eigenvalue weighted by Crippen LogP contribution is -2.30. The van der Waals surface area contributed by atoms with Crippen LogP contribution in [0.15, 0.2) is 18.5 Å². The average Bonchev–Trinajstić information content (AvgIpc) is 2.99. The quantitative estimate of drug-likeness (QED) is 0.922. The molecule has 2 aromatic rings. The van der Waals surface area contributed by atoms with Crippen LogP contribution in [0.1, 0.15) is 46.4 Å². The van der Waals surface area contributed by atoms with Crippen LogP contribution in [0.4, 0.5) is 0 Å². The molecule has 23 heavy (non-hydrogen) atoms. The fourth-order valence-corrected chi connectivity index (χ4v) is 3.45. The summed E-state index contributed by atoms with van der Waals surface area (Å²) in [7, 11) is 3.53. The number of nitrogens with one attached hydrogen (secondary N) is 1. The van der Waals surface area contributed by atoms with Crippen molar-refractivity contribution < 1.29 is 9.53 Å². The summed E-state index contributed by atoms with van der Waals surface area (Å²) in [6.07, 6.45) is 6.06. The number of nitrogens with zero attached hydrogens (tertiary/aromatic N) is 4. The maximum atomic E-state index is 12.9. The van der Waals surface area contributed by atoms with E-state index in [2.05, 4.69) is 15.3 Å². The second-order valence-corrected chi connectivity index (χ2v) is 6.49. The predicted octanol–water partition coefficient (Wildman–Crippen LogP) is 1.28. The van der Waals surface area contributed by atoms with Crippen LogP contribution < -0.4 is 0 Å². The maximum Gasteiger partial charge on any atom is 0.255 e. The van der Waals surface area contributed by atoms with Gasteiger partial charge in [0.15, 0.2) is 0 Å². The highest BCUT2D eigenvalue weighted by Gasteiger charge is 2.39. The Morgan fingerprint density at radius 1 is 1.39 bits per heavy atom. The number of likely N-dealkylation sites (tertiary alicyclic amines) is 1. The summed E-state index contributed by atoms with van der Waals surface area (Å²) in [5.74, 6) is 0.683. The number of methoxy groups -OCH3 is 1. The molecular weight excluding hydrogens is 294 g/mol. The second-order valence-electron chi connectivity index (χ2n) is 6.49. The van der Waals surface area contributed by atoms with Crippen LogP contribution >= 0.6 is 0 Å². The standard InChI is InChI=1S/C16H21N5O2/c1-20-8-13(18-19-20)12-7-21(9-14(12)23-2)16(22)11-5-6-17-15(11)10-3-4-10/h5-6,8,10,12,14,17H,3-4,7,9H2,1-2H3/t12-,14+/m0/s1. The first-order chi connectivity index (χ1) is 11.2. The molecule has 2 atom stereocenters. The fourth-order valence-electron chi connectivity index (χ4n) is 3.45. The van der Waals surface area contributed by atoms with E-state index in [-0.39, 0.29) is 17.9 Å². The van der Waals surface area contributed by atoms with E-state index < -0.39 is 0 Å². The highest BCUT2D eigenvalue weighted by molar-refractivity contribution is 5.96. The monoisotopic (exact) mass is 315 g/mol. The van der Waals surface area contributed by atoms with Gasteiger partial charge in [0.1, 0.15) is 0 Å². The summed E-state index contributed by atoms with van der Waals surface area (Å²) in [5, 5.41) is 8.20.